The second-order valence-electron chi connectivity index (χ2n) is 8.20. The van der Waals surface area contributed by atoms with Crippen molar-refractivity contribution in [3.8, 4) is 11.6 Å². The van der Waals surface area contributed by atoms with Crippen molar-refractivity contribution in [2.75, 3.05) is 4.72 Å². The lowest BCUT2D eigenvalue weighted by molar-refractivity contribution is 0.0949. The number of para-hydroxylation sites is 2. The van der Waals surface area contributed by atoms with Crippen LogP contribution in [0.15, 0.2) is 83.9 Å². The molecule has 0 spiro atoms. The van der Waals surface area contributed by atoms with Gasteiger partial charge in [-0.2, -0.15) is 0 Å². The van der Waals surface area contributed by atoms with Crippen LogP contribution in [0.3, 0.4) is 0 Å². The number of carbonyl (C=O) groups excluding carboxylic acids is 1. The van der Waals surface area contributed by atoms with Gasteiger partial charge in [-0.15, -0.1) is 0 Å². The van der Waals surface area contributed by atoms with Gasteiger partial charge in [-0.3, -0.25) is 9.52 Å². The molecule has 2 aromatic heterocycles. The van der Waals surface area contributed by atoms with Gasteiger partial charge < -0.3 is 15.0 Å². The molecule has 3 N–H and O–H groups in total. The number of hydrogen-bond donors (Lipinski definition) is 3. The van der Waals surface area contributed by atoms with E-state index < -0.39 is 10.0 Å². The summed E-state index contributed by atoms with van der Waals surface area (Å²) < 4.78 is 34.2. The number of H-pyrrole nitrogens is 1. The maximum atomic E-state index is 13.0. The van der Waals surface area contributed by atoms with Crippen LogP contribution >= 0.6 is 34.8 Å². The summed E-state index contributed by atoms with van der Waals surface area (Å²) in [7, 11) is -4.09. The van der Waals surface area contributed by atoms with Crippen LogP contribution in [0.5, 0.6) is 11.6 Å². The number of halogens is 3. The van der Waals surface area contributed by atoms with E-state index in [-0.39, 0.29) is 49.7 Å². The lowest BCUT2D eigenvalue weighted by Gasteiger charge is -2.14. The van der Waals surface area contributed by atoms with Crippen LogP contribution in [0.1, 0.15) is 16.2 Å². The predicted octanol–water partition coefficient (Wildman–Crippen LogP) is 6.44. The van der Waals surface area contributed by atoms with E-state index in [1.54, 1.807) is 18.2 Å². The fourth-order valence-corrected chi connectivity index (χ4v) is 5.19. The predicted molar refractivity (Wildman–Crippen MR) is 150 cm³/mol. The molecule has 0 fully saturated rings. The maximum absolute atomic E-state index is 13.0. The number of nitrogens with zero attached hydrogens (tertiary/aromatic N) is 2. The maximum Gasteiger partial charge on any atom is 0.262 e. The van der Waals surface area contributed by atoms with Crippen molar-refractivity contribution in [1.29, 1.82) is 0 Å². The third-order valence-electron chi connectivity index (χ3n) is 5.43. The summed E-state index contributed by atoms with van der Waals surface area (Å²) in [6.45, 7) is 0.192. The number of carbonyl (C=O) groups is 1. The zero-order valence-electron chi connectivity index (χ0n) is 19.8. The van der Waals surface area contributed by atoms with E-state index in [0.717, 1.165) is 11.0 Å². The summed E-state index contributed by atoms with van der Waals surface area (Å²) in [5, 5.41) is 3.28. The van der Waals surface area contributed by atoms with Crippen LogP contribution in [0.25, 0.3) is 11.0 Å². The first-order valence-electron chi connectivity index (χ1n) is 11.3. The van der Waals surface area contributed by atoms with Crippen LogP contribution in [0.4, 0.5) is 5.69 Å². The molecule has 0 saturated heterocycles. The van der Waals surface area contributed by atoms with Crippen LogP contribution in [0, 0.1) is 0 Å². The second-order valence-corrected chi connectivity index (χ2v) is 11.1. The molecule has 0 aliphatic rings. The largest absolute Gasteiger partial charge is 0.437 e. The number of sulfonamides is 1. The van der Waals surface area contributed by atoms with Gasteiger partial charge >= 0.3 is 0 Å². The summed E-state index contributed by atoms with van der Waals surface area (Å²) >= 11 is 18.0. The number of benzene rings is 3. The molecule has 39 heavy (non-hydrogen) atoms. The number of anilines is 1. The third kappa shape index (κ3) is 6.26. The molecule has 9 nitrogen and oxygen atoms in total. The van der Waals surface area contributed by atoms with Crippen molar-refractivity contribution >= 4 is 67.5 Å². The number of fused-ring (bicyclic) bond motifs is 1. The fourth-order valence-electron chi connectivity index (χ4n) is 3.60. The monoisotopic (exact) mass is 601 g/mol. The Balaban J connectivity index is 1.32. The Hall–Kier alpha value is -3.83. The SMILES string of the molecule is O=C(NCc1nc2ccccc2[nH]1)c1cccc(Oc2ncc(Cl)cc2NS(=O)(=O)c2ccc(Cl)c(Cl)c2)c1. The first kappa shape index (κ1) is 26.8. The third-order valence-corrected chi connectivity index (χ3v) is 7.74. The van der Waals surface area contributed by atoms with Gasteiger partial charge in [0.15, 0.2) is 0 Å². The number of pyridine rings is 1. The van der Waals surface area contributed by atoms with Crippen molar-refractivity contribution in [1.82, 2.24) is 20.3 Å². The molecule has 5 rings (SSSR count). The van der Waals surface area contributed by atoms with E-state index in [9.17, 15) is 13.2 Å². The van der Waals surface area contributed by atoms with Gasteiger partial charge in [-0.05, 0) is 54.6 Å². The zero-order chi connectivity index (χ0) is 27.6. The molecule has 0 atom stereocenters. The number of rotatable bonds is 8. The first-order chi connectivity index (χ1) is 18.7. The molecule has 198 valence electrons. The molecular formula is C26H18Cl3N5O4S. The van der Waals surface area contributed by atoms with Crippen LogP contribution in [-0.4, -0.2) is 29.3 Å². The van der Waals surface area contributed by atoms with E-state index in [2.05, 4.69) is 25.0 Å². The molecule has 5 aromatic rings. The number of aromatic amines is 1. The van der Waals surface area contributed by atoms with Gasteiger partial charge in [-0.1, -0.05) is 53.0 Å². The number of aromatic nitrogens is 3. The van der Waals surface area contributed by atoms with Crippen molar-refractivity contribution < 1.29 is 17.9 Å². The molecular weight excluding hydrogens is 585 g/mol. The highest BCUT2D eigenvalue weighted by atomic mass is 35.5. The van der Waals surface area contributed by atoms with E-state index in [4.69, 9.17) is 39.5 Å². The molecule has 0 bridgehead atoms. The number of nitrogens with one attached hydrogen (secondary N) is 3. The Morgan fingerprint density at radius 1 is 0.949 bits per heavy atom. The quantitative estimate of drug-likeness (QED) is 0.188. The molecule has 13 heteroatoms. The zero-order valence-corrected chi connectivity index (χ0v) is 22.9. The molecule has 0 unspecified atom stereocenters. The normalized spacial score (nSPS) is 11.4. The van der Waals surface area contributed by atoms with Crippen LogP contribution in [-0.2, 0) is 16.6 Å². The number of ether oxygens (including phenoxy) is 1. The number of hydrogen-bond acceptors (Lipinski definition) is 6. The summed E-state index contributed by atoms with van der Waals surface area (Å²) in [5.74, 6) is 0.422. The Labute approximate surface area is 238 Å². The second kappa shape index (κ2) is 11.1. The Morgan fingerprint density at radius 2 is 1.77 bits per heavy atom. The Morgan fingerprint density at radius 3 is 2.56 bits per heavy atom. The van der Waals surface area contributed by atoms with Gasteiger partial charge in [0.25, 0.3) is 15.9 Å². The Kier molecular flexibility index (Phi) is 7.62. The lowest BCUT2D eigenvalue weighted by atomic mass is 10.2. The van der Waals surface area contributed by atoms with Crippen molar-refractivity contribution in [3.05, 3.63) is 105 Å². The van der Waals surface area contributed by atoms with E-state index in [0.29, 0.717) is 11.4 Å². The summed E-state index contributed by atoms with van der Waals surface area (Å²) in [4.78, 5) is 24.4. The standard InChI is InChI=1S/C26H18Cl3N5O4S/c27-16-11-23(34-39(36,37)18-8-9-19(28)20(29)12-18)26(31-13-16)38-17-5-3-4-15(10-17)25(35)30-14-24-32-21-6-1-2-7-22(21)33-24/h1-13,34H,14H2,(H,30,35)(H,32,33). The minimum Gasteiger partial charge on any atom is -0.437 e. The molecule has 0 aliphatic carbocycles. The molecule has 0 radical (unpaired) electrons. The molecule has 1 amide bonds. The molecule has 0 aliphatic heterocycles. The lowest BCUT2D eigenvalue weighted by Crippen LogP contribution is -2.23. The number of imidazole rings is 1. The molecule has 3 aromatic carbocycles. The average molecular weight is 603 g/mol. The highest BCUT2D eigenvalue weighted by molar-refractivity contribution is 7.92. The summed E-state index contributed by atoms with van der Waals surface area (Å²) in [6, 6.07) is 19.2. The van der Waals surface area contributed by atoms with Crippen molar-refractivity contribution in [2.24, 2.45) is 0 Å². The van der Waals surface area contributed by atoms with Gasteiger partial charge in [0.05, 0.1) is 37.5 Å². The smallest absolute Gasteiger partial charge is 0.262 e. The van der Waals surface area contributed by atoms with Crippen molar-refractivity contribution in [2.45, 2.75) is 11.4 Å². The van der Waals surface area contributed by atoms with E-state index in [1.165, 1.54) is 36.5 Å². The topological polar surface area (TPSA) is 126 Å². The van der Waals surface area contributed by atoms with E-state index in [1.807, 2.05) is 24.3 Å². The van der Waals surface area contributed by atoms with Crippen molar-refractivity contribution in [3.63, 3.8) is 0 Å². The molecule has 2 heterocycles. The van der Waals surface area contributed by atoms with Gasteiger partial charge in [0.1, 0.15) is 17.3 Å². The Bertz CT molecular complexity index is 1780. The van der Waals surface area contributed by atoms with Gasteiger partial charge in [0.2, 0.25) is 5.88 Å². The minimum atomic E-state index is -4.09. The number of amides is 1. The van der Waals surface area contributed by atoms with Crippen LogP contribution in [0.2, 0.25) is 15.1 Å². The minimum absolute atomic E-state index is 0.0201. The highest BCUT2D eigenvalue weighted by Crippen LogP contribution is 2.32. The summed E-state index contributed by atoms with van der Waals surface area (Å²) in [6.07, 6.45) is 1.30. The van der Waals surface area contributed by atoms with Crippen LogP contribution < -0.4 is 14.8 Å². The van der Waals surface area contributed by atoms with Gasteiger partial charge in [0, 0.05) is 11.8 Å². The van der Waals surface area contributed by atoms with E-state index >= 15 is 0 Å². The molecule has 0 saturated carbocycles. The van der Waals surface area contributed by atoms with Gasteiger partial charge in [-0.25, -0.2) is 18.4 Å². The summed E-state index contributed by atoms with van der Waals surface area (Å²) in [5.41, 5.74) is 1.97. The highest BCUT2D eigenvalue weighted by Gasteiger charge is 2.20. The average Bonchev–Trinajstić information content (AvgIpc) is 3.33. The fraction of sp³-hybridized carbons (Fsp3) is 0.0385. The first-order valence-corrected chi connectivity index (χ1v) is 13.9.